The quantitative estimate of drug-likeness (QED) is 0.875. The fraction of sp³-hybridized carbons (Fsp3) is 0.500. The molecule has 7 heteroatoms. The molecule has 0 aliphatic heterocycles. The van der Waals surface area contributed by atoms with Crippen LogP contribution in [0.4, 0.5) is 0 Å². The third-order valence-corrected chi connectivity index (χ3v) is 5.12. The van der Waals surface area contributed by atoms with Gasteiger partial charge in [-0.15, -0.1) is 11.3 Å². The highest BCUT2D eigenvalue weighted by molar-refractivity contribution is 7.18. The Kier molecular flexibility index (Phi) is 3.44. The summed E-state index contributed by atoms with van der Waals surface area (Å²) in [6.07, 6.45) is 3.18. The molecule has 1 fully saturated rings. The van der Waals surface area contributed by atoms with Crippen molar-refractivity contribution in [1.82, 2.24) is 9.55 Å². The number of aromatic amines is 1. The summed E-state index contributed by atoms with van der Waals surface area (Å²) >= 11 is 1.47. The molecular formula is C14H16N2O4S. The molecule has 1 aliphatic carbocycles. The average Bonchev–Trinajstić information content (AvgIpc) is 3.15. The van der Waals surface area contributed by atoms with E-state index in [1.54, 1.807) is 0 Å². The van der Waals surface area contributed by atoms with Crippen molar-refractivity contribution in [3.05, 3.63) is 31.3 Å². The molecule has 1 aliphatic rings. The first-order valence-corrected chi connectivity index (χ1v) is 7.76. The second kappa shape index (κ2) is 5.14. The molecule has 21 heavy (non-hydrogen) atoms. The zero-order chi connectivity index (χ0) is 15.1. The minimum atomic E-state index is -1.03. The first kappa shape index (κ1) is 14.1. The molecular weight excluding hydrogens is 292 g/mol. The summed E-state index contributed by atoms with van der Waals surface area (Å²) in [5.74, 6) is -0.324. The monoisotopic (exact) mass is 308 g/mol. The van der Waals surface area contributed by atoms with Gasteiger partial charge in [0.2, 0.25) is 0 Å². The van der Waals surface area contributed by atoms with E-state index in [0.717, 1.165) is 21.4 Å². The van der Waals surface area contributed by atoms with Crippen molar-refractivity contribution in [2.24, 2.45) is 5.92 Å². The van der Waals surface area contributed by atoms with Crippen molar-refractivity contribution >= 4 is 27.5 Å². The van der Waals surface area contributed by atoms with Crippen molar-refractivity contribution in [1.29, 1.82) is 0 Å². The first-order valence-electron chi connectivity index (χ1n) is 6.94. The van der Waals surface area contributed by atoms with Crippen LogP contribution in [0.3, 0.4) is 0 Å². The third kappa shape index (κ3) is 2.65. The Labute approximate surface area is 124 Å². The number of aryl methyl sites for hydroxylation is 1. The molecule has 2 heterocycles. The number of nitrogens with one attached hydrogen (secondary N) is 1. The second-order valence-electron chi connectivity index (χ2n) is 5.53. The minimum absolute atomic E-state index is 0.104. The highest BCUT2D eigenvalue weighted by Crippen LogP contribution is 2.37. The van der Waals surface area contributed by atoms with Gasteiger partial charge in [-0.25, -0.2) is 4.79 Å². The van der Waals surface area contributed by atoms with Gasteiger partial charge >= 0.3 is 11.7 Å². The molecule has 2 N–H and O–H groups in total. The number of aromatic nitrogens is 2. The number of carboxylic acids is 1. The molecule has 3 rings (SSSR count). The van der Waals surface area contributed by atoms with Gasteiger partial charge in [0.1, 0.15) is 4.83 Å². The third-order valence-electron chi connectivity index (χ3n) is 3.89. The SMILES string of the molecule is Cc1c(CC2CC2)sc2[nH]c(=O)n(CCC(=O)O)c(=O)c12. The molecule has 2 aromatic heterocycles. The molecule has 1 saturated carbocycles. The fourth-order valence-electron chi connectivity index (χ4n) is 2.49. The number of rotatable bonds is 5. The van der Waals surface area contributed by atoms with Gasteiger partial charge in [0.05, 0.1) is 11.8 Å². The molecule has 0 bridgehead atoms. The number of carbonyl (C=O) groups is 1. The lowest BCUT2D eigenvalue weighted by Crippen LogP contribution is -2.35. The summed E-state index contributed by atoms with van der Waals surface area (Å²) in [5.41, 5.74) is 0.00555. The number of hydrogen-bond donors (Lipinski definition) is 2. The van der Waals surface area contributed by atoms with E-state index < -0.39 is 11.7 Å². The summed E-state index contributed by atoms with van der Waals surface area (Å²) in [4.78, 5) is 39.5. The summed E-state index contributed by atoms with van der Waals surface area (Å²) in [5, 5.41) is 9.24. The standard InChI is InChI=1S/C14H16N2O4S/c1-7-9(6-8-2-3-8)21-12-11(7)13(19)16(14(20)15-12)5-4-10(17)18/h8H,2-6H2,1H3,(H,15,20)(H,17,18). The Morgan fingerprint density at radius 2 is 2.14 bits per heavy atom. The highest BCUT2D eigenvalue weighted by Gasteiger charge is 2.25. The predicted octanol–water partition coefficient (Wildman–Crippen LogP) is 1.49. The second-order valence-corrected chi connectivity index (χ2v) is 6.64. The lowest BCUT2D eigenvalue weighted by molar-refractivity contribution is -0.137. The number of thiophene rings is 1. The Morgan fingerprint density at radius 3 is 2.76 bits per heavy atom. The van der Waals surface area contributed by atoms with Gasteiger partial charge in [0.25, 0.3) is 5.56 Å². The maximum Gasteiger partial charge on any atom is 0.329 e. The Hall–Kier alpha value is -1.89. The molecule has 6 nitrogen and oxygen atoms in total. The van der Waals surface area contributed by atoms with Crippen molar-refractivity contribution in [3.8, 4) is 0 Å². The lowest BCUT2D eigenvalue weighted by atomic mass is 10.1. The van der Waals surface area contributed by atoms with Gasteiger partial charge in [-0.2, -0.15) is 0 Å². The number of nitrogens with zero attached hydrogens (tertiary/aromatic N) is 1. The molecule has 0 saturated heterocycles. The number of H-pyrrole nitrogens is 1. The van der Waals surface area contributed by atoms with Gasteiger partial charge in [0.15, 0.2) is 0 Å². The van der Waals surface area contributed by atoms with E-state index in [2.05, 4.69) is 4.98 Å². The Bertz CT molecular complexity index is 826. The van der Waals surface area contributed by atoms with E-state index in [0.29, 0.717) is 16.1 Å². The van der Waals surface area contributed by atoms with E-state index in [4.69, 9.17) is 5.11 Å². The molecule has 0 spiro atoms. The van der Waals surface area contributed by atoms with E-state index >= 15 is 0 Å². The maximum absolute atomic E-state index is 12.5. The normalized spacial score (nSPS) is 14.7. The lowest BCUT2D eigenvalue weighted by Gasteiger charge is -2.02. The van der Waals surface area contributed by atoms with Crippen LogP contribution < -0.4 is 11.2 Å². The van der Waals surface area contributed by atoms with Gasteiger partial charge in [-0.3, -0.25) is 19.1 Å². The molecule has 2 aromatic rings. The summed E-state index contributed by atoms with van der Waals surface area (Å²) in [6.45, 7) is 1.80. The predicted molar refractivity (Wildman–Crippen MR) is 80.1 cm³/mol. The van der Waals surface area contributed by atoms with Crippen LogP contribution in [0.25, 0.3) is 10.2 Å². The maximum atomic E-state index is 12.5. The molecule has 0 unspecified atom stereocenters. The zero-order valence-electron chi connectivity index (χ0n) is 11.6. The number of carboxylic acid groups (broad SMARTS) is 1. The summed E-state index contributed by atoms with van der Waals surface area (Å²) in [6, 6.07) is 0. The van der Waals surface area contributed by atoms with Gasteiger partial charge in [0, 0.05) is 11.4 Å². The number of aliphatic carboxylic acids is 1. The van der Waals surface area contributed by atoms with Gasteiger partial charge < -0.3 is 5.11 Å². The Balaban J connectivity index is 2.09. The van der Waals surface area contributed by atoms with Crippen LogP contribution in [0.5, 0.6) is 0 Å². The van der Waals surface area contributed by atoms with Crippen molar-refractivity contribution in [3.63, 3.8) is 0 Å². The fourth-order valence-corrected chi connectivity index (χ4v) is 3.79. The van der Waals surface area contributed by atoms with Crippen molar-refractivity contribution in [2.75, 3.05) is 0 Å². The molecule has 0 atom stereocenters. The van der Waals surface area contributed by atoms with E-state index in [1.807, 2.05) is 6.92 Å². The molecule has 0 aromatic carbocycles. The van der Waals surface area contributed by atoms with Crippen LogP contribution in [0.2, 0.25) is 0 Å². The highest BCUT2D eigenvalue weighted by atomic mass is 32.1. The van der Waals surface area contributed by atoms with Crippen LogP contribution in [-0.2, 0) is 17.8 Å². The van der Waals surface area contributed by atoms with E-state index in [1.165, 1.54) is 24.2 Å². The minimum Gasteiger partial charge on any atom is -0.481 e. The zero-order valence-corrected chi connectivity index (χ0v) is 12.5. The van der Waals surface area contributed by atoms with Crippen molar-refractivity contribution < 1.29 is 9.90 Å². The largest absolute Gasteiger partial charge is 0.481 e. The average molecular weight is 308 g/mol. The number of fused-ring (bicyclic) bond motifs is 1. The van der Waals surface area contributed by atoms with Crippen LogP contribution in [-0.4, -0.2) is 20.6 Å². The first-order chi connectivity index (χ1) is 9.97. The van der Waals surface area contributed by atoms with Crippen LogP contribution in [0.1, 0.15) is 29.7 Å². The van der Waals surface area contributed by atoms with Gasteiger partial charge in [-0.1, -0.05) is 0 Å². The van der Waals surface area contributed by atoms with Crippen LogP contribution in [0.15, 0.2) is 9.59 Å². The van der Waals surface area contributed by atoms with Crippen molar-refractivity contribution in [2.45, 2.75) is 39.2 Å². The van der Waals surface area contributed by atoms with Crippen LogP contribution in [0, 0.1) is 12.8 Å². The Morgan fingerprint density at radius 1 is 1.43 bits per heavy atom. The van der Waals surface area contributed by atoms with E-state index in [-0.39, 0.29) is 18.5 Å². The topological polar surface area (TPSA) is 92.2 Å². The van der Waals surface area contributed by atoms with Crippen LogP contribution >= 0.6 is 11.3 Å². The molecule has 0 amide bonds. The summed E-state index contributed by atoms with van der Waals surface area (Å²) in [7, 11) is 0. The molecule has 112 valence electrons. The van der Waals surface area contributed by atoms with Gasteiger partial charge in [-0.05, 0) is 37.7 Å². The number of hydrogen-bond acceptors (Lipinski definition) is 4. The van der Waals surface area contributed by atoms with E-state index in [9.17, 15) is 14.4 Å². The smallest absolute Gasteiger partial charge is 0.329 e. The summed E-state index contributed by atoms with van der Waals surface area (Å²) < 4.78 is 0.983. The molecule has 0 radical (unpaired) electrons.